The fourth-order valence-electron chi connectivity index (χ4n) is 3.68. The zero-order valence-electron chi connectivity index (χ0n) is 17.8. The lowest BCUT2D eigenvalue weighted by Gasteiger charge is -2.36. The van der Waals surface area contributed by atoms with Gasteiger partial charge in [0.1, 0.15) is 10.6 Å². The maximum Gasteiger partial charge on any atom is 0.387 e. The molecule has 0 aromatic heterocycles. The number of alkyl halides is 2. The number of hydrogen-bond acceptors (Lipinski definition) is 5. The van der Waals surface area contributed by atoms with Crippen LogP contribution in [0.15, 0.2) is 53.4 Å². The van der Waals surface area contributed by atoms with Gasteiger partial charge in [-0.1, -0.05) is 24.3 Å². The third-order valence-corrected chi connectivity index (χ3v) is 6.96. The molecule has 2 aromatic carbocycles. The Hall–Kier alpha value is -2.23. The van der Waals surface area contributed by atoms with Crippen molar-refractivity contribution in [1.82, 2.24) is 9.62 Å². The molecule has 0 amide bonds. The lowest BCUT2D eigenvalue weighted by Crippen LogP contribution is -2.47. The highest BCUT2D eigenvalue weighted by atomic mass is 32.2. The summed E-state index contributed by atoms with van der Waals surface area (Å²) in [6, 6.07) is 13.5. The Morgan fingerprint density at radius 1 is 1.06 bits per heavy atom. The minimum Gasteiger partial charge on any atom is -0.433 e. The number of hydrogen-bond donors (Lipinski definition) is 1. The second kappa shape index (κ2) is 10.4. The SMILES string of the molecule is Cc1cccc(N2CCN(CCC(C)NS(=O)(=O)c3ccccc3OC(F)F)CC2)c1. The van der Waals surface area contributed by atoms with Crippen LogP contribution in [0.5, 0.6) is 5.75 Å². The van der Waals surface area contributed by atoms with Gasteiger partial charge >= 0.3 is 6.61 Å². The smallest absolute Gasteiger partial charge is 0.387 e. The molecule has 0 aliphatic carbocycles. The van der Waals surface area contributed by atoms with E-state index in [1.54, 1.807) is 6.92 Å². The summed E-state index contributed by atoms with van der Waals surface area (Å²) in [4.78, 5) is 4.38. The van der Waals surface area contributed by atoms with Gasteiger partial charge in [0.25, 0.3) is 0 Å². The molecule has 1 fully saturated rings. The van der Waals surface area contributed by atoms with E-state index in [0.29, 0.717) is 6.42 Å². The van der Waals surface area contributed by atoms with E-state index in [-0.39, 0.29) is 16.7 Å². The molecular weight excluding hydrogens is 424 g/mol. The number of aryl methyl sites for hydroxylation is 1. The van der Waals surface area contributed by atoms with Gasteiger partial charge < -0.3 is 9.64 Å². The zero-order valence-corrected chi connectivity index (χ0v) is 18.6. The molecule has 0 spiro atoms. The van der Waals surface area contributed by atoms with E-state index in [4.69, 9.17) is 0 Å². The number of halogens is 2. The van der Waals surface area contributed by atoms with Crippen LogP contribution in [0.1, 0.15) is 18.9 Å². The van der Waals surface area contributed by atoms with Crippen molar-refractivity contribution in [3.05, 3.63) is 54.1 Å². The average Bonchev–Trinajstić information content (AvgIpc) is 2.72. The van der Waals surface area contributed by atoms with Gasteiger partial charge in [-0.2, -0.15) is 8.78 Å². The van der Waals surface area contributed by atoms with Crippen LogP contribution in [0, 0.1) is 6.92 Å². The van der Waals surface area contributed by atoms with Gasteiger partial charge in [0, 0.05) is 37.9 Å². The summed E-state index contributed by atoms with van der Waals surface area (Å²) in [5.74, 6) is -0.357. The van der Waals surface area contributed by atoms with Gasteiger partial charge in [0.05, 0.1) is 0 Å². The Bertz CT molecular complexity index is 964. The quantitative estimate of drug-likeness (QED) is 0.630. The summed E-state index contributed by atoms with van der Waals surface area (Å²) in [7, 11) is -3.97. The molecule has 0 radical (unpaired) electrons. The van der Waals surface area contributed by atoms with Crippen molar-refractivity contribution < 1.29 is 21.9 Å². The minimum atomic E-state index is -3.97. The van der Waals surface area contributed by atoms with E-state index in [2.05, 4.69) is 50.4 Å². The van der Waals surface area contributed by atoms with Crippen LogP contribution < -0.4 is 14.4 Å². The molecular formula is C22H29F2N3O3S. The van der Waals surface area contributed by atoms with Crippen LogP contribution >= 0.6 is 0 Å². The van der Waals surface area contributed by atoms with Crippen molar-refractivity contribution in [3.63, 3.8) is 0 Å². The number of anilines is 1. The predicted octanol–water partition coefficient (Wildman–Crippen LogP) is 3.48. The third-order valence-electron chi connectivity index (χ3n) is 5.33. The lowest BCUT2D eigenvalue weighted by atomic mass is 10.2. The van der Waals surface area contributed by atoms with Crippen molar-refractivity contribution in [2.45, 2.75) is 37.8 Å². The van der Waals surface area contributed by atoms with E-state index in [1.165, 1.54) is 35.5 Å². The van der Waals surface area contributed by atoms with Crippen LogP contribution in [0.2, 0.25) is 0 Å². The van der Waals surface area contributed by atoms with Crippen LogP contribution in [0.3, 0.4) is 0 Å². The monoisotopic (exact) mass is 453 g/mol. The Morgan fingerprint density at radius 3 is 2.45 bits per heavy atom. The fraction of sp³-hybridized carbons (Fsp3) is 0.455. The molecule has 1 aliphatic heterocycles. The van der Waals surface area contributed by atoms with E-state index in [1.807, 2.05) is 0 Å². The maximum absolute atomic E-state index is 12.7. The molecule has 3 rings (SSSR count). The molecule has 1 N–H and O–H groups in total. The summed E-state index contributed by atoms with van der Waals surface area (Å²) >= 11 is 0. The number of piperazine rings is 1. The van der Waals surface area contributed by atoms with Gasteiger partial charge in [-0.15, -0.1) is 0 Å². The van der Waals surface area contributed by atoms with Gasteiger partial charge in [0.15, 0.2) is 0 Å². The summed E-state index contributed by atoms with van der Waals surface area (Å²) in [5, 5.41) is 0. The molecule has 31 heavy (non-hydrogen) atoms. The van der Waals surface area contributed by atoms with Crippen LogP contribution in [0.4, 0.5) is 14.5 Å². The van der Waals surface area contributed by atoms with Crippen LogP contribution in [-0.2, 0) is 10.0 Å². The van der Waals surface area contributed by atoms with Gasteiger partial charge in [-0.3, -0.25) is 4.90 Å². The van der Waals surface area contributed by atoms with Crippen LogP contribution in [-0.4, -0.2) is 58.7 Å². The Morgan fingerprint density at radius 2 is 1.77 bits per heavy atom. The van der Waals surface area contributed by atoms with E-state index in [0.717, 1.165) is 32.7 Å². The van der Waals surface area contributed by atoms with Crippen molar-refractivity contribution in [2.24, 2.45) is 0 Å². The van der Waals surface area contributed by atoms with Crippen LogP contribution in [0.25, 0.3) is 0 Å². The molecule has 0 saturated carbocycles. The summed E-state index contributed by atoms with van der Waals surface area (Å²) in [6.45, 7) is 5.16. The predicted molar refractivity (Wildman–Crippen MR) is 117 cm³/mol. The minimum absolute atomic E-state index is 0.283. The van der Waals surface area contributed by atoms with Gasteiger partial charge in [-0.05, 0) is 56.6 Å². The second-order valence-electron chi connectivity index (χ2n) is 7.80. The van der Waals surface area contributed by atoms with Crippen molar-refractivity contribution in [2.75, 3.05) is 37.6 Å². The molecule has 1 unspecified atom stereocenters. The summed E-state index contributed by atoms with van der Waals surface area (Å²) < 4.78 is 57.4. The Kier molecular flexibility index (Phi) is 7.85. The molecule has 1 atom stereocenters. The first-order valence-corrected chi connectivity index (χ1v) is 11.8. The molecule has 1 heterocycles. The first-order valence-electron chi connectivity index (χ1n) is 10.3. The second-order valence-corrected chi connectivity index (χ2v) is 9.49. The van der Waals surface area contributed by atoms with Gasteiger partial charge in [0.2, 0.25) is 10.0 Å². The van der Waals surface area contributed by atoms with E-state index in [9.17, 15) is 17.2 Å². The molecule has 1 saturated heterocycles. The molecule has 0 bridgehead atoms. The summed E-state index contributed by atoms with van der Waals surface area (Å²) in [6.07, 6.45) is 0.613. The highest BCUT2D eigenvalue weighted by molar-refractivity contribution is 7.89. The van der Waals surface area contributed by atoms with Gasteiger partial charge in [-0.25, -0.2) is 13.1 Å². The van der Waals surface area contributed by atoms with E-state index < -0.39 is 16.6 Å². The third kappa shape index (κ3) is 6.62. The first-order chi connectivity index (χ1) is 14.7. The number of nitrogens with one attached hydrogen (secondary N) is 1. The number of sulfonamides is 1. The number of rotatable bonds is 9. The molecule has 9 heteroatoms. The standard InChI is InChI=1S/C22H29F2N3O3S/c1-17-6-5-7-19(16-17)27-14-12-26(13-15-27)11-10-18(2)25-31(28,29)21-9-4-3-8-20(21)30-22(23)24/h3-9,16,18,22,25H,10-15H2,1-2H3. The lowest BCUT2D eigenvalue weighted by molar-refractivity contribution is -0.0517. The highest BCUT2D eigenvalue weighted by Crippen LogP contribution is 2.25. The molecule has 1 aliphatic rings. The topological polar surface area (TPSA) is 61.9 Å². The maximum atomic E-state index is 12.7. The van der Waals surface area contributed by atoms with Crippen molar-refractivity contribution in [3.8, 4) is 5.75 Å². The number of nitrogens with zero attached hydrogens (tertiary/aromatic N) is 2. The number of benzene rings is 2. The summed E-state index contributed by atoms with van der Waals surface area (Å²) in [5.41, 5.74) is 2.46. The largest absolute Gasteiger partial charge is 0.433 e. The molecule has 6 nitrogen and oxygen atoms in total. The zero-order chi connectivity index (χ0) is 22.4. The Labute approximate surface area is 182 Å². The van der Waals surface area contributed by atoms with Crippen molar-refractivity contribution in [1.29, 1.82) is 0 Å². The molecule has 2 aromatic rings. The number of para-hydroxylation sites is 1. The fourth-order valence-corrected chi connectivity index (χ4v) is 5.10. The van der Waals surface area contributed by atoms with E-state index >= 15 is 0 Å². The number of ether oxygens (including phenoxy) is 1. The molecule has 170 valence electrons. The average molecular weight is 454 g/mol. The highest BCUT2D eigenvalue weighted by Gasteiger charge is 2.24. The Balaban J connectivity index is 1.50. The normalized spacial score (nSPS) is 16.5. The first kappa shape index (κ1) is 23.4. The van der Waals surface area contributed by atoms with Crippen molar-refractivity contribution >= 4 is 15.7 Å².